The molecule has 0 amide bonds. The zero-order valence-corrected chi connectivity index (χ0v) is 11.8. The van der Waals surface area contributed by atoms with Crippen molar-refractivity contribution in [3.63, 3.8) is 0 Å². The van der Waals surface area contributed by atoms with Crippen LogP contribution in [0.1, 0.15) is 35.1 Å². The highest BCUT2D eigenvalue weighted by Crippen LogP contribution is 2.14. The van der Waals surface area contributed by atoms with Crippen molar-refractivity contribution in [1.29, 1.82) is 0 Å². The highest BCUT2D eigenvalue weighted by atomic mass is 19.1. The van der Waals surface area contributed by atoms with Gasteiger partial charge in [0.2, 0.25) is 0 Å². The van der Waals surface area contributed by atoms with Gasteiger partial charge in [-0.2, -0.15) is 0 Å². The summed E-state index contributed by atoms with van der Waals surface area (Å²) in [5.41, 5.74) is 1.14. The van der Waals surface area contributed by atoms with Gasteiger partial charge in [-0.3, -0.25) is 0 Å². The normalized spacial score (nSPS) is 10.7. The van der Waals surface area contributed by atoms with Crippen LogP contribution < -0.4 is 0 Å². The third-order valence-corrected chi connectivity index (χ3v) is 2.96. The SMILES string of the molecule is CCCc1c(C(=O)OC)nnn1Cc1cc(F)cc(F)c1. The molecule has 21 heavy (non-hydrogen) atoms. The summed E-state index contributed by atoms with van der Waals surface area (Å²) in [6, 6.07) is 3.24. The van der Waals surface area contributed by atoms with Gasteiger partial charge in [0.25, 0.3) is 0 Å². The van der Waals surface area contributed by atoms with E-state index < -0.39 is 17.6 Å². The summed E-state index contributed by atoms with van der Waals surface area (Å²) < 4.78 is 32.5. The fraction of sp³-hybridized carbons (Fsp3) is 0.357. The Labute approximate surface area is 120 Å². The Hall–Kier alpha value is -2.31. The number of nitrogens with zero attached hydrogens (tertiary/aromatic N) is 3. The monoisotopic (exact) mass is 295 g/mol. The van der Waals surface area contributed by atoms with Crippen molar-refractivity contribution in [1.82, 2.24) is 15.0 Å². The molecule has 0 N–H and O–H groups in total. The van der Waals surface area contributed by atoms with Crippen LogP contribution in [-0.4, -0.2) is 28.1 Å². The van der Waals surface area contributed by atoms with Crippen molar-refractivity contribution >= 4 is 5.97 Å². The van der Waals surface area contributed by atoms with Crippen LogP contribution in [0, 0.1) is 11.6 Å². The van der Waals surface area contributed by atoms with Crippen LogP contribution in [0.15, 0.2) is 18.2 Å². The lowest BCUT2D eigenvalue weighted by Gasteiger charge is -2.07. The van der Waals surface area contributed by atoms with Crippen molar-refractivity contribution in [2.45, 2.75) is 26.3 Å². The Balaban J connectivity index is 2.35. The molecule has 1 aromatic heterocycles. The Morgan fingerprint density at radius 1 is 1.29 bits per heavy atom. The second-order valence-electron chi connectivity index (χ2n) is 4.56. The van der Waals surface area contributed by atoms with Crippen LogP contribution in [0.25, 0.3) is 0 Å². The smallest absolute Gasteiger partial charge is 0.360 e. The summed E-state index contributed by atoms with van der Waals surface area (Å²) in [7, 11) is 1.26. The third-order valence-electron chi connectivity index (χ3n) is 2.96. The molecule has 7 heteroatoms. The second kappa shape index (κ2) is 6.43. The molecule has 0 aliphatic rings. The first-order chi connectivity index (χ1) is 10.0. The largest absolute Gasteiger partial charge is 0.464 e. The number of carbonyl (C=O) groups excluding carboxylic acids is 1. The van der Waals surface area contributed by atoms with Gasteiger partial charge in [-0.05, 0) is 24.1 Å². The van der Waals surface area contributed by atoms with Crippen molar-refractivity contribution in [2.24, 2.45) is 0 Å². The highest BCUT2D eigenvalue weighted by Gasteiger charge is 2.19. The average molecular weight is 295 g/mol. The van der Waals surface area contributed by atoms with E-state index in [-0.39, 0.29) is 12.2 Å². The van der Waals surface area contributed by atoms with E-state index in [1.165, 1.54) is 23.9 Å². The number of halogens is 2. The van der Waals surface area contributed by atoms with E-state index in [0.717, 1.165) is 12.5 Å². The van der Waals surface area contributed by atoms with E-state index in [2.05, 4.69) is 15.0 Å². The lowest BCUT2D eigenvalue weighted by Crippen LogP contribution is -2.10. The quantitative estimate of drug-likeness (QED) is 0.794. The van der Waals surface area contributed by atoms with Gasteiger partial charge >= 0.3 is 5.97 Å². The standard InChI is InChI=1S/C14H15F2N3O2/c1-3-4-12-13(14(20)21-2)17-18-19(12)8-9-5-10(15)7-11(16)6-9/h5-7H,3-4,8H2,1-2H3. The molecule has 0 aliphatic carbocycles. The molecule has 0 saturated heterocycles. The number of rotatable bonds is 5. The molecule has 2 aromatic rings. The van der Waals surface area contributed by atoms with Gasteiger partial charge in [0.1, 0.15) is 11.6 Å². The number of ether oxygens (including phenoxy) is 1. The number of aromatic nitrogens is 3. The summed E-state index contributed by atoms with van der Waals surface area (Å²) in [4.78, 5) is 11.6. The van der Waals surface area contributed by atoms with Gasteiger partial charge < -0.3 is 4.74 Å². The van der Waals surface area contributed by atoms with Crippen LogP contribution in [0.2, 0.25) is 0 Å². The van der Waals surface area contributed by atoms with Crippen molar-refractivity contribution in [2.75, 3.05) is 7.11 Å². The van der Waals surface area contributed by atoms with E-state index in [4.69, 9.17) is 0 Å². The number of esters is 1. The van der Waals surface area contributed by atoms with Crippen molar-refractivity contribution in [3.05, 3.63) is 46.8 Å². The van der Waals surface area contributed by atoms with Crippen LogP contribution in [-0.2, 0) is 17.7 Å². The van der Waals surface area contributed by atoms with Crippen LogP contribution >= 0.6 is 0 Å². The molecule has 0 fully saturated rings. The first-order valence-electron chi connectivity index (χ1n) is 6.50. The van der Waals surface area contributed by atoms with E-state index in [1.54, 1.807) is 0 Å². The lowest BCUT2D eigenvalue weighted by molar-refractivity contribution is 0.0592. The van der Waals surface area contributed by atoms with Crippen molar-refractivity contribution in [3.8, 4) is 0 Å². The minimum atomic E-state index is -0.657. The zero-order chi connectivity index (χ0) is 15.4. The highest BCUT2D eigenvalue weighted by molar-refractivity contribution is 5.88. The minimum absolute atomic E-state index is 0.133. The van der Waals surface area contributed by atoms with E-state index in [9.17, 15) is 13.6 Å². The number of carbonyl (C=O) groups is 1. The molecule has 0 unspecified atom stereocenters. The Bertz CT molecular complexity index is 635. The maximum atomic E-state index is 13.2. The third kappa shape index (κ3) is 3.42. The van der Waals surface area contributed by atoms with Gasteiger partial charge in [0, 0.05) is 6.07 Å². The van der Waals surface area contributed by atoms with Gasteiger partial charge in [-0.1, -0.05) is 18.6 Å². The van der Waals surface area contributed by atoms with E-state index in [1.807, 2.05) is 6.92 Å². The minimum Gasteiger partial charge on any atom is -0.464 e. The van der Waals surface area contributed by atoms with Gasteiger partial charge in [0.05, 0.1) is 19.3 Å². The zero-order valence-electron chi connectivity index (χ0n) is 11.8. The molecule has 0 atom stereocenters. The second-order valence-corrected chi connectivity index (χ2v) is 4.56. The van der Waals surface area contributed by atoms with Crippen molar-refractivity contribution < 1.29 is 18.3 Å². The molecule has 0 saturated carbocycles. The number of benzene rings is 1. The topological polar surface area (TPSA) is 57.0 Å². The predicted octanol–water partition coefficient (Wildman–Crippen LogP) is 2.34. The molecule has 0 bridgehead atoms. The van der Waals surface area contributed by atoms with Crippen LogP contribution in [0.3, 0.4) is 0 Å². The molecule has 112 valence electrons. The molecule has 0 aliphatic heterocycles. The summed E-state index contributed by atoms with van der Waals surface area (Å²) in [5, 5.41) is 7.68. The van der Waals surface area contributed by atoms with Crippen LogP contribution in [0.5, 0.6) is 0 Å². The Morgan fingerprint density at radius 2 is 1.95 bits per heavy atom. The number of hydrogen-bond donors (Lipinski definition) is 0. The maximum Gasteiger partial charge on any atom is 0.360 e. The molecule has 0 spiro atoms. The molecular weight excluding hydrogens is 280 g/mol. The average Bonchev–Trinajstić information content (AvgIpc) is 2.80. The molecular formula is C14H15F2N3O2. The fourth-order valence-electron chi connectivity index (χ4n) is 2.07. The molecule has 0 radical (unpaired) electrons. The Kier molecular flexibility index (Phi) is 4.62. The van der Waals surface area contributed by atoms with E-state index in [0.29, 0.717) is 17.7 Å². The van der Waals surface area contributed by atoms with Gasteiger partial charge in [-0.25, -0.2) is 18.3 Å². The number of methoxy groups -OCH3 is 1. The van der Waals surface area contributed by atoms with Gasteiger partial charge in [0.15, 0.2) is 5.69 Å². The lowest BCUT2D eigenvalue weighted by atomic mass is 10.1. The first-order valence-corrected chi connectivity index (χ1v) is 6.50. The number of hydrogen-bond acceptors (Lipinski definition) is 4. The summed E-state index contributed by atoms with van der Waals surface area (Å²) in [6.45, 7) is 2.08. The summed E-state index contributed by atoms with van der Waals surface area (Å²) >= 11 is 0. The molecule has 5 nitrogen and oxygen atoms in total. The first kappa shape index (κ1) is 15.1. The molecule has 1 aromatic carbocycles. The van der Waals surface area contributed by atoms with Gasteiger partial charge in [-0.15, -0.1) is 5.10 Å². The fourth-order valence-corrected chi connectivity index (χ4v) is 2.07. The van der Waals surface area contributed by atoms with Crippen LogP contribution in [0.4, 0.5) is 8.78 Å². The predicted molar refractivity (Wildman–Crippen MR) is 70.8 cm³/mol. The summed E-state index contributed by atoms with van der Waals surface area (Å²) in [6.07, 6.45) is 1.34. The van der Waals surface area contributed by atoms with E-state index >= 15 is 0 Å². The molecule has 2 rings (SSSR count). The summed E-state index contributed by atoms with van der Waals surface area (Å²) in [5.74, 6) is -1.89. The Morgan fingerprint density at radius 3 is 2.52 bits per heavy atom. The molecule has 1 heterocycles. The maximum absolute atomic E-state index is 13.2.